The van der Waals surface area contributed by atoms with Crippen LogP contribution in [0.3, 0.4) is 0 Å². The lowest BCUT2D eigenvalue weighted by molar-refractivity contribution is 0.101. The predicted molar refractivity (Wildman–Crippen MR) is 96.2 cm³/mol. The molecule has 7 nitrogen and oxygen atoms in total. The van der Waals surface area contributed by atoms with E-state index in [0.717, 1.165) is 23.6 Å². The van der Waals surface area contributed by atoms with Gasteiger partial charge in [-0.3, -0.25) is 14.5 Å². The van der Waals surface area contributed by atoms with Crippen molar-refractivity contribution in [3.05, 3.63) is 41.5 Å². The fraction of sp³-hybridized carbons (Fsp3) is 0.375. The first-order valence-electron chi connectivity index (χ1n) is 7.64. The molecular formula is C16H20N6OS. The first-order valence-corrected chi connectivity index (χ1v) is 8.62. The zero-order chi connectivity index (χ0) is 17.3. The van der Waals surface area contributed by atoms with Crippen LogP contribution in [0.2, 0.25) is 0 Å². The van der Waals surface area contributed by atoms with Crippen molar-refractivity contribution in [1.29, 1.82) is 0 Å². The minimum atomic E-state index is -0.459. The number of amidine groups is 1. The zero-order valence-electron chi connectivity index (χ0n) is 13.9. The first kappa shape index (κ1) is 16.5. The number of pyridine rings is 1. The lowest BCUT2D eigenvalue weighted by Gasteiger charge is -2.28. The molecule has 3 rings (SSSR count). The summed E-state index contributed by atoms with van der Waals surface area (Å²) < 4.78 is 1.57. The highest BCUT2D eigenvalue weighted by Crippen LogP contribution is 2.34. The number of aryl methyl sites for hydroxylation is 2. The summed E-state index contributed by atoms with van der Waals surface area (Å²) in [6.07, 6.45) is 2.53. The predicted octanol–water partition coefficient (Wildman–Crippen LogP) is 2.04. The number of rotatable bonds is 3. The molecule has 0 spiro atoms. The highest BCUT2D eigenvalue weighted by molar-refractivity contribution is 8.13. The maximum Gasteiger partial charge on any atom is 0.273 e. The van der Waals surface area contributed by atoms with Gasteiger partial charge in [-0.05, 0) is 38.5 Å². The van der Waals surface area contributed by atoms with Crippen molar-refractivity contribution in [3.63, 3.8) is 0 Å². The molecule has 8 heteroatoms. The first-order chi connectivity index (χ1) is 11.4. The third kappa shape index (κ3) is 3.28. The van der Waals surface area contributed by atoms with E-state index in [-0.39, 0.29) is 5.91 Å². The summed E-state index contributed by atoms with van der Waals surface area (Å²) in [5.41, 5.74) is 8.19. The minimum absolute atomic E-state index is 0.206. The van der Waals surface area contributed by atoms with E-state index in [2.05, 4.69) is 20.4 Å². The van der Waals surface area contributed by atoms with Crippen LogP contribution in [0.1, 0.15) is 35.2 Å². The SMILES string of the molecule is Cc1cc(C(=O)Nc2ccnc([C@]3(C)CCSC(N)=N3)c2)n(C)n1. The number of nitrogens with zero attached hydrogens (tertiary/aromatic N) is 4. The Morgan fingerprint density at radius 3 is 2.92 bits per heavy atom. The molecule has 0 fully saturated rings. The van der Waals surface area contributed by atoms with Crippen LogP contribution in [0.4, 0.5) is 5.69 Å². The molecule has 1 atom stereocenters. The number of carbonyl (C=O) groups is 1. The molecule has 0 aliphatic carbocycles. The largest absolute Gasteiger partial charge is 0.379 e. The van der Waals surface area contributed by atoms with Crippen molar-refractivity contribution in [1.82, 2.24) is 14.8 Å². The Kier molecular flexibility index (Phi) is 4.31. The van der Waals surface area contributed by atoms with E-state index >= 15 is 0 Å². The van der Waals surface area contributed by atoms with Crippen molar-refractivity contribution < 1.29 is 4.79 Å². The number of aromatic nitrogens is 3. The van der Waals surface area contributed by atoms with Gasteiger partial charge in [-0.15, -0.1) is 0 Å². The summed E-state index contributed by atoms with van der Waals surface area (Å²) in [5.74, 6) is 0.695. The molecule has 0 radical (unpaired) electrons. The van der Waals surface area contributed by atoms with Gasteiger partial charge in [0, 0.05) is 24.7 Å². The molecule has 0 unspecified atom stereocenters. The van der Waals surface area contributed by atoms with Crippen molar-refractivity contribution in [3.8, 4) is 0 Å². The van der Waals surface area contributed by atoms with Crippen LogP contribution in [0, 0.1) is 6.92 Å². The van der Waals surface area contributed by atoms with Crippen LogP contribution in [0.5, 0.6) is 0 Å². The number of thioether (sulfide) groups is 1. The molecule has 1 aliphatic heterocycles. The van der Waals surface area contributed by atoms with Gasteiger partial charge in [0.2, 0.25) is 0 Å². The molecule has 2 aromatic heterocycles. The van der Waals surface area contributed by atoms with Gasteiger partial charge >= 0.3 is 0 Å². The Morgan fingerprint density at radius 2 is 2.25 bits per heavy atom. The van der Waals surface area contributed by atoms with Crippen LogP contribution in [-0.2, 0) is 12.6 Å². The van der Waals surface area contributed by atoms with E-state index in [0.29, 0.717) is 16.5 Å². The molecule has 0 bridgehead atoms. The summed E-state index contributed by atoms with van der Waals surface area (Å²) in [6.45, 7) is 3.86. The number of amides is 1. The zero-order valence-corrected chi connectivity index (χ0v) is 14.7. The number of nitrogens with two attached hydrogens (primary N) is 1. The fourth-order valence-corrected chi connectivity index (χ4v) is 3.67. The maximum atomic E-state index is 12.4. The van der Waals surface area contributed by atoms with Crippen LogP contribution in [0.25, 0.3) is 0 Å². The molecule has 24 heavy (non-hydrogen) atoms. The average molecular weight is 344 g/mol. The van der Waals surface area contributed by atoms with E-state index in [1.807, 2.05) is 19.9 Å². The smallest absolute Gasteiger partial charge is 0.273 e. The topological polar surface area (TPSA) is 98.2 Å². The van der Waals surface area contributed by atoms with Crippen molar-refractivity contribution in [2.24, 2.45) is 17.8 Å². The van der Waals surface area contributed by atoms with Crippen molar-refractivity contribution in [2.75, 3.05) is 11.1 Å². The Labute approximate surface area is 144 Å². The van der Waals surface area contributed by atoms with Gasteiger partial charge in [-0.1, -0.05) is 11.8 Å². The van der Waals surface area contributed by atoms with Crippen LogP contribution >= 0.6 is 11.8 Å². The third-order valence-electron chi connectivity index (χ3n) is 4.00. The number of nitrogens with one attached hydrogen (secondary N) is 1. The Bertz CT molecular complexity index is 815. The molecule has 3 heterocycles. The van der Waals surface area contributed by atoms with Crippen LogP contribution in [0.15, 0.2) is 29.4 Å². The summed E-state index contributed by atoms with van der Waals surface area (Å²) >= 11 is 1.55. The third-order valence-corrected chi connectivity index (χ3v) is 4.80. The molecule has 3 N–H and O–H groups in total. The minimum Gasteiger partial charge on any atom is -0.379 e. The fourth-order valence-electron chi connectivity index (χ4n) is 2.69. The standard InChI is InChI=1S/C16H20N6OS/c1-10-8-12(22(3)21-10)14(23)19-11-4-6-18-13(9-11)16(2)5-7-24-15(17)20-16/h4,6,8-9H,5,7H2,1-3H3,(H2,17,20)(H,18,19,23)/t16-/m0/s1. The average Bonchev–Trinajstić information content (AvgIpc) is 2.86. The lowest BCUT2D eigenvalue weighted by atomic mass is 9.94. The van der Waals surface area contributed by atoms with Crippen molar-refractivity contribution >= 4 is 28.5 Å². The number of carbonyl (C=O) groups excluding carboxylic acids is 1. The van der Waals surface area contributed by atoms with Gasteiger partial charge in [-0.25, -0.2) is 4.99 Å². The lowest BCUT2D eigenvalue weighted by Crippen LogP contribution is -2.29. The normalized spacial score (nSPS) is 20.5. The van der Waals surface area contributed by atoms with Crippen molar-refractivity contribution in [2.45, 2.75) is 25.8 Å². The molecule has 0 aromatic carbocycles. The van der Waals surface area contributed by atoms with E-state index in [1.165, 1.54) is 0 Å². The van der Waals surface area contributed by atoms with Gasteiger partial charge < -0.3 is 11.1 Å². The number of hydrogen-bond donors (Lipinski definition) is 2. The summed E-state index contributed by atoms with van der Waals surface area (Å²) in [5, 5.41) is 7.66. The van der Waals surface area contributed by atoms with Gasteiger partial charge in [0.05, 0.1) is 11.4 Å². The second-order valence-electron chi connectivity index (χ2n) is 6.00. The van der Waals surface area contributed by atoms with E-state index in [1.54, 1.807) is 41.8 Å². The summed E-state index contributed by atoms with van der Waals surface area (Å²) in [6, 6.07) is 5.37. The Hall–Kier alpha value is -2.35. The van der Waals surface area contributed by atoms with Crippen LogP contribution < -0.4 is 11.1 Å². The summed E-state index contributed by atoms with van der Waals surface area (Å²) in [4.78, 5) is 21.4. The molecule has 2 aromatic rings. The Balaban J connectivity index is 1.85. The summed E-state index contributed by atoms with van der Waals surface area (Å²) in [7, 11) is 1.75. The molecule has 1 aliphatic rings. The van der Waals surface area contributed by atoms with E-state index in [9.17, 15) is 4.79 Å². The highest BCUT2D eigenvalue weighted by Gasteiger charge is 2.31. The van der Waals surface area contributed by atoms with E-state index < -0.39 is 5.54 Å². The number of aliphatic imine (C=N–C) groups is 1. The molecule has 0 saturated carbocycles. The van der Waals surface area contributed by atoms with Gasteiger partial charge in [0.25, 0.3) is 5.91 Å². The second kappa shape index (κ2) is 6.27. The monoisotopic (exact) mass is 344 g/mol. The van der Waals surface area contributed by atoms with Gasteiger partial charge in [0.15, 0.2) is 5.17 Å². The molecular weight excluding hydrogens is 324 g/mol. The number of anilines is 1. The number of hydrogen-bond acceptors (Lipinski definition) is 6. The van der Waals surface area contributed by atoms with Crippen LogP contribution in [-0.4, -0.2) is 31.6 Å². The Morgan fingerprint density at radius 1 is 1.46 bits per heavy atom. The van der Waals surface area contributed by atoms with Gasteiger partial charge in [-0.2, -0.15) is 5.10 Å². The highest BCUT2D eigenvalue weighted by atomic mass is 32.2. The molecule has 0 saturated heterocycles. The molecule has 126 valence electrons. The molecule has 1 amide bonds. The second-order valence-corrected chi connectivity index (χ2v) is 7.12. The van der Waals surface area contributed by atoms with E-state index in [4.69, 9.17) is 5.73 Å². The van der Waals surface area contributed by atoms with Gasteiger partial charge in [0.1, 0.15) is 11.2 Å². The maximum absolute atomic E-state index is 12.4. The quantitative estimate of drug-likeness (QED) is 0.888.